The first-order chi connectivity index (χ1) is 6.84. The van der Waals surface area contributed by atoms with E-state index in [9.17, 15) is 4.79 Å². The molecular formula is C11H15NOS. The second-order valence-corrected chi connectivity index (χ2v) is 4.62. The minimum atomic E-state index is 0.364. The van der Waals surface area contributed by atoms with E-state index in [0.29, 0.717) is 24.7 Å². The molecule has 14 heavy (non-hydrogen) atoms. The van der Waals surface area contributed by atoms with Gasteiger partial charge in [-0.05, 0) is 41.8 Å². The van der Waals surface area contributed by atoms with Gasteiger partial charge >= 0.3 is 0 Å². The Bertz CT molecular complexity index is 288. The molecule has 1 aliphatic heterocycles. The molecule has 1 aromatic rings. The van der Waals surface area contributed by atoms with Crippen molar-refractivity contribution in [2.45, 2.75) is 31.7 Å². The highest BCUT2D eigenvalue weighted by Crippen LogP contribution is 2.12. The van der Waals surface area contributed by atoms with Crippen LogP contribution in [0.4, 0.5) is 0 Å². The van der Waals surface area contributed by atoms with Crippen LogP contribution in [0.5, 0.6) is 0 Å². The summed E-state index contributed by atoms with van der Waals surface area (Å²) in [6.07, 6.45) is 3.70. The lowest BCUT2D eigenvalue weighted by molar-refractivity contribution is -0.118. The van der Waals surface area contributed by atoms with Gasteiger partial charge in [0, 0.05) is 18.9 Å². The summed E-state index contributed by atoms with van der Waals surface area (Å²) in [5, 5.41) is 7.43. The molecule has 1 saturated heterocycles. The van der Waals surface area contributed by atoms with Crippen molar-refractivity contribution in [1.29, 1.82) is 0 Å². The largest absolute Gasteiger partial charge is 0.314 e. The Balaban J connectivity index is 1.78. The van der Waals surface area contributed by atoms with E-state index in [-0.39, 0.29) is 0 Å². The lowest BCUT2D eigenvalue weighted by Crippen LogP contribution is -2.25. The van der Waals surface area contributed by atoms with Crippen LogP contribution in [0.1, 0.15) is 24.8 Å². The van der Waals surface area contributed by atoms with Gasteiger partial charge in [0.25, 0.3) is 0 Å². The van der Waals surface area contributed by atoms with Gasteiger partial charge in [-0.25, -0.2) is 0 Å². The SMILES string of the molecule is O=C(Cc1ccsc1)CC1CCCN1. The van der Waals surface area contributed by atoms with E-state index < -0.39 is 0 Å². The number of hydrogen-bond donors (Lipinski definition) is 1. The summed E-state index contributed by atoms with van der Waals surface area (Å²) in [6, 6.07) is 2.48. The number of nitrogens with one attached hydrogen (secondary N) is 1. The van der Waals surface area contributed by atoms with E-state index in [1.807, 2.05) is 11.4 Å². The Hall–Kier alpha value is -0.670. The minimum absolute atomic E-state index is 0.364. The molecule has 0 aromatic carbocycles. The summed E-state index contributed by atoms with van der Waals surface area (Å²) in [5.41, 5.74) is 1.16. The molecule has 0 spiro atoms. The van der Waals surface area contributed by atoms with Crippen LogP contribution in [0.2, 0.25) is 0 Å². The van der Waals surface area contributed by atoms with E-state index in [1.54, 1.807) is 11.3 Å². The number of thiophene rings is 1. The van der Waals surface area contributed by atoms with Gasteiger partial charge < -0.3 is 5.32 Å². The first-order valence-corrected chi connectivity index (χ1v) is 6.05. The lowest BCUT2D eigenvalue weighted by Gasteiger charge is -2.07. The fourth-order valence-electron chi connectivity index (χ4n) is 1.90. The molecule has 1 unspecified atom stereocenters. The molecule has 1 aliphatic rings. The molecule has 0 bridgehead atoms. The highest BCUT2D eigenvalue weighted by atomic mass is 32.1. The molecule has 0 amide bonds. The van der Waals surface area contributed by atoms with Crippen molar-refractivity contribution in [2.24, 2.45) is 0 Å². The number of rotatable bonds is 4. The summed E-state index contributed by atoms with van der Waals surface area (Å²) in [6.45, 7) is 1.08. The average molecular weight is 209 g/mol. The first-order valence-electron chi connectivity index (χ1n) is 5.11. The zero-order valence-corrected chi connectivity index (χ0v) is 8.98. The third kappa shape index (κ3) is 2.66. The second-order valence-electron chi connectivity index (χ2n) is 3.84. The molecule has 76 valence electrons. The van der Waals surface area contributed by atoms with Crippen LogP contribution in [-0.4, -0.2) is 18.4 Å². The number of ketones is 1. The van der Waals surface area contributed by atoms with Crippen molar-refractivity contribution in [2.75, 3.05) is 6.54 Å². The lowest BCUT2D eigenvalue weighted by atomic mass is 10.0. The van der Waals surface area contributed by atoms with Gasteiger partial charge in [-0.1, -0.05) is 0 Å². The molecule has 1 N–H and O–H groups in total. The van der Waals surface area contributed by atoms with Crippen molar-refractivity contribution in [3.05, 3.63) is 22.4 Å². The third-order valence-electron chi connectivity index (χ3n) is 2.62. The zero-order chi connectivity index (χ0) is 9.80. The predicted octanol–water partition coefficient (Wildman–Crippen LogP) is 2.00. The van der Waals surface area contributed by atoms with Gasteiger partial charge in [-0.2, -0.15) is 11.3 Å². The Morgan fingerprint density at radius 1 is 1.64 bits per heavy atom. The van der Waals surface area contributed by atoms with Gasteiger partial charge in [0.15, 0.2) is 0 Å². The summed E-state index contributed by atoms with van der Waals surface area (Å²) >= 11 is 1.66. The second kappa shape index (κ2) is 4.71. The predicted molar refractivity (Wildman–Crippen MR) is 58.7 cm³/mol. The quantitative estimate of drug-likeness (QED) is 0.821. The van der Waals surface area contributed by atoms with Gasteiger partial charge in [0.1, 0.15) is 5.78 Å². The summed E-state index contributed by atoms with van der Waals surface area (Å²) in [4.78, 5) is 11.6. The number of hydrogen-bond acceptors (Lipinski definition) is 3. The van der Waals surface area contributed by atoms with Crippen molar-refractivity contribution >= 4 is 17.1 Å². The summed E-state index contributed by atoms with van der Waals surface area (Å²) in [7, 11) is 0. The molecule has 0 saturated carbocycles. The Morgan fingerprint density at radius 3 is 3.21 bits per heavy atom. The number of carbonyl (C=O) groups is 1. The Labute approximate surface area is 88.3 Å². The molecule has 3 heteroatoms. The first kappa shape index (κ1) is 9.87. The van der Waals surface area contributed by atoms with Crippen LogP contribution in [0, 0.1) is 0 Å². The summed E-state index contributed by atoms with van der Waals surface area (Å²) < 4.78 is 0. The third-order valence-corrected chi connectivity index (χ3v) is 3.35. The molecule has 1 atom stereocenters. The van der Waals surface area contributed by atoms with E-state index in [0.717, 1.165) is 18.5 Å². The monoisotopic (exact) mass is 209 g/mol. The molecule has 1 fully saturated rings. The van der Waals surface area contributed by atoms with Crippen LogP contribution >= 0.6 is 11.3 Å². The smallest absolute Gasteiger partial charge is 0.138 e. The van der Waals surface area contributed by atoms with Crippen molar-refractivity contribution in [1.82, 2.24) is 5.32 Å². The molecular weight excluding hydrogens is 194 g/mol. The van der Waals surface area contributed by atoms with Crippen molar-refractivity contribution in [3.63, 3.8) is 0 Å². The number of Topliss-reactive ketones (excluding diaryl/α,β-unsaturated/α-hetero) is 1. The normalized spacial score (nSPS) is 21.3. The van der Waals surface area contributed by atoms with Crippen LogP contribution < -0.4 is 5.32 Å². The van der Waals surface area contributed by atoms with E-state index >= 15 is 0 Å². The average Bonchev–Trinajstić information content (AvgIpc) is 2.76. The van der Waals surface area contributed by atoms with Crippen LogP contribution in [0.25, 0.3) is 0 Å². The fraction of sp³-hybridized carbons (Fsp3) is 0.545. The molecule has 1 aromatic heterocycles. The van der Waals surface area contributed by atoms with Gasteiger partial charge in [0.2, 0.25) is 0 Å². The molecule has 2 rings (SSSR count). The maximum Gasteiger partial charge on any atom is 0.138 e. The fourth-order valence-corrected chi connectivity index (χ4v) is 2.57. The topological polar surface area (TPSA) is 29.1 Å². The van der Waals surface area contributed by atoms with Gasteiger partial charge in [-0.3, -0.25) is 4.79 Å². The van der Waals surface area contributed by atoms with Gasteiger partial charge in [-0.15, -0.1) is 0 Å². The molecule has 2 heterocycles. The Morgan fingerprint density at radius 2 is 2.57 bits per heavy atom. The maximum atomic E-state index is 11.6. The highest BCUT2D eigenvalue weighted by molar-refractivity contribution is 7.07. The Kier molecular flexibility index (Phi) is 3.32. The van der Waals surface area contributed by atoms with Gasteiger partial charge in [0.05, 0.1) is 0 Å². The van der Waals surface area contributed by atoms with E-state index in [2.05, 4.69) is 10.7 Å². The van der Waals surface area contributed by atoms with Crippen molar-refractivity contribution in [3.8, 4) is 0 Å². The van der Waals surface area contributed by atoms with Crippen LogP contribution in [-0.2, 0) is 11.2 Å². The van der Waals surface area contributed by atoms with Crippen molar-refractivity contribution < 1.29 is 4.79 Å². The van der Waals surface area contributed by atoms with E-state index in [4.69, 9.17) is 0 Å². The summed E-state index contributed by atoms with van der Waals surface area (Å²) in [5.74, 6) is 0.364. The maximum absolute atomic E-state index is 11.6. The van der Waals surface area contributed by atoms with Crippen LogP contribution in [0.15, 0.2) is 16.8 Å². The molecule has 0 aliphatic carbocycles. The highest BCUT2D eigenvalue weighted by Gasteiger charge is 2.17. The number of carbonyl (C=O) groups excluding carboxylic acids is 1. The minimum Gasteiger partial charge on any atom is -0.314 e. The zero-order valence-electron chi connectivity index (χ0n) is 8.16. The van der Waals surface area contributed by atoms with Crippen LogP contribution in [0.3, 0.4) is 0 Å². The standard InChI is InChI=1S/C11H15NOS/c13-11(6-9-3-5-14-8-9)7-10-2-1-4-12-10/h3,5,8,10,12H,1-2,4,6-7H2. The molecule has 2 nitrogen and oxygen atoms in total. The molecule has 0 radical (unpaired) electrons. The van der Waals surface area contributed by atoms with E-state index in [1.165, 1.54) is 6.42 Å².